The fourth-order valence-corrected chi connectivity index (χ4v) is 9.24. The Balaban J connectivity index is 3.57. The summed E-state index contributed by atoms with van der Waals surface area (Å²) < 4.78 is 0. The largest absolute Gasteiger partial charge is 0.394 e. The van der Waals surface area contributed by atoms with Crippen LogP contribution in [0.4, 0.5) is 0 Å². The van der Waals surface area contributed by atoms with E-state index in [4.69, 9.17) is 0 Å². The first-order valence-corrected chi connectivity index (χ1v) is 31.6. The minimum Gasteiger partial charge on any atom is -0.394 e. The number of amides is 1. The topological polar surface area (TPSA) is 69.6 Å². The number of aliphatic hydroxyl groups excluding tert-OH is 2. The number of nitrogens with one attached hydrogen (secondary N) is 1. The lowest BCUT2D eigenvalue weighted by atomic mass is 10.0. The minimum absolute atomic E-state index is 0.0785. The first-order valence-electron chi connectivity index (χ1n) is 31.6. The maximum atomic E-state index is 12.5. The van der Waals surface area contributed by atoms with Crippen LogP contribution in [0.5, 0.6) is 0 Å². The summed E-state index contributed by atoms with van der Waals surface area (Å²) in [5, 5.41) is 23.2. The maximum absolute atomic E-state index is 12.5. The summed E-state index contributed by atoms with van der Waals surface area (Å²) in [5.74, 6) is -0.0785. The SMILES string of the molecule is CC/C=C\C/C=C\C/C=C\C/C=C\C/C=C\C/C=C\C/C=C\CCCCCCCCCCCCCC(=O)NC(CO)C(O)/C=C/CC/C=C/CCCCCCCCCCCCCCCCCCCCCCCC. The number of allylic oxidation sites excluding steroid dienone is 17. The molecular weight excluding hydrogens is 891 g/mol. The van der Waals surface area contributed by atoms with Crippen LogP contribution in [0.1, 0.15) is 303 Å². The molecule has 0 aromatic heterocycles. The van der Waals surface area contributed by atoms with Gasteiger partial charge in [-0.15, -0.1) is 0 Å². The van der Waals surface area contributed by atoms with Gasteiger partial charge >= 0.3 is 0 Å². The lowest BCUT2D eigenvalue weighted by Gasteiger charge is -2.19. The normalized spacial score (nSPS) is 13.5. The van der Waals surface area contributed by atoms with Gasteiger partial charge in [0.05, 0.1) is 18.8 Å². The van der Waals surface area contributed by atoms with Gasteiger partial charge in [-0.2, -0.15) is 0 Å². The van der Waals surface area contributed by atoms with Crippen molar-refractivity contribution in [2.75, 3.05) is 6.61 Å². The Hall–Kier alpha value is -2.95. The van der Waals surface area contributed by atoms with Crippen molar-refractivity contribution in [3.8, 4) is 0 Å². The van der Waals surface area contributed by atoms with Gasteiger partial charge in [0.2, 0.25) is 5.91 Å². The van der Waals surface area contributed by atoms with Crippen molar-refractivity contribution in [1.29, 1.82) is 0 Å². The van der Waals surface area contributed by atoms with Crippen molar-refractivity contribution in [2.24, 2.45) is 0 Å². The second-order valence-electron chi connectivity index (χ2n) is 21.1. The molecule has 0 aromatic carbocycles. The molecule has 0 fully saturated rings. The third-order valence-electron chi connectivity index (χ3n) is 14.0. The van der Waals surface area contributed by atoms with E-state index in [0.29, 0.717) is 6.42 Å². The van der Waals surface area contributed by atoms with E-state index in [1.807, 2.05) is 6.08 Å². The zero-order valence-electron chi connectivity index (χ0n) is 48.4. The van der Waals surface area contributed by atoms with Gasteiger partial charge in [-0.05, 0) is 89.9 Å². The third-order valence-corrected chi connectivity index (χ3v) is 14.0. The molecule has 4 nitrogen and oxygen atoms in total. The van der Waals surface area contributed by atoms with E-state index in [2.05, 4.69) is 116 Å². The number of hydrogen-bond donors (Lipinski definition) is 3. The highest BCUT2D eigenvalue weighted by Crippen LogP contribution is 2.17. The molecule has 4 heteroatoms. The summed E-state index contributed by atoms with van der Waals surface area (Å²) in [5.41, 5.74) is 0. The molecule has 0 radical (unpaired) electrons. The monoisotopic (exact) mass is 1010 g/mol. The van der Waals surface area contributed by atoms with Crippen LogP contribution in [0.15, 0.2) is 109 Å². The van der Waals surface area contributed by atoms with E-state index in [1.54, 1.807) is 6.08 Å². The molecular formula is C69H121NO3. The van der Waals surface area contributed by atoms with Crippen LogP contribution in [0.3, 0.4) is 0 Å². The minimum atomic E-state index is -0.872. The van der Waals surface area contributed by atoms with Gasteiger partial charge in [-0.3, -0.25) is 4.79 Å². The molecule has 0 bridgehead atoms. The van der Waals surface area contributed by atoms with E-state index >= 15 is 0 Å². The highest BCUT2D eigenvalue weighted by Gasteiger charge is 2.18. The lowest BCUT2D eigenvalue weighted by molar-refractivity contribution is -0.123. The second kappa shape index (κ2) is 63.3. The van der Waals surface area contributed by atoms with Gasteiger partial charge in [-0.1, -0.05) is 316 Å². The first kappa shape index (κ1) is 70.1. The highest BCUT2D eigenvalue weighted by molar-refractivity contribution is 5.76. The predicted molar refractivity (Wildman–Crippen MR) is 326 cm³/mol. The van der Waals surface area contributed by atoms with Crippen molar-refractivity contribution < 1.29 is 15.0 Å². The first-order chi connectivity index (χ1) is 36.2. The Bertz CT molecular complexity index is 1380. The van der Waals surface area contributed by atoms with Crippen LogP contribution >= 0.6 is 0 Å². The predicted octanol–water partition coefficient (Wildman–Crippen LogP) is 21.4. The standard InChI is InChI=1S/C69H121NO3/c1-3-5-7-9-11-13-15-17-19-21-23-25-27-29-31-33-34-35-36-37-39-41-43-45-47-49-51-53-55-57-59-61-63-65-69(73)70-67(66-71)68(72)64-62-60-58-56-54-52-50-48-46-44-42-40-38-32-30-28-26-24-22-20-18-16-14-12-10-8-6-4-2/h5,7,11,13,17,19,23,25,29,31,34-35,37,39,54,56,62,64,67-68,71-72H,3-4,6,8-10,12,14-16,18,20-22,24,26-28,30,32-33,36,38,40-53,55,57-61,63,65-66H2,1-2H3,(H,70,73)/b7-5-,13-11-,19-17-,25-23-,31-29-,35-34-,39-37-,56-54+,64-62+. The fraction of sp³-hybridized carbons (Fsp3) is 0.725. The second-order valence-corrected chi connectivity index (χ2v) is 21.1. The summed E-state index contributed by atoms with van der Waals surface area (Å²) in [7, 11) is 0. The number of unbranched alkanes of at least 4 members (excludes halogenated alkanes) is 34. The molecule has 0 rings (SSSR count). The van der Waals surface area contributed by atoms with E-state index in [0.717, 1.165) is 77.0 Å². The molecule has 1 amide bonds. The summed E-state index contributed by atoms with van der Waals surface area (Å²) in [4.78, 5) is 12.5. The highest BCUT2D eigenvalue weighted by atomic mass is 16.3. The molecule has 2 atom stereocenters. The Kier molecular flexibility index (Phi) is 60.8. The van der Waals surface area contributed by atoms with Gasteiger partial charge in [0, 0.05) is 6.42 Å². The fourth-order valence-electron chi connectivity index (χ4n) is 9.24. The summed E-state index contributed by atoms with van der Waals surface area (Å²) >= 11 is 0. The summed E-state index contributed by atoms with van der Waals surface area (Å²) in [6.07, 6.45) is 95.6. The molecule has 0 aliphatic rings. The molecule has 2 unspecified atom stereocenters. The Labute approximate surface area is 455 Å². The zero-order valence-corrected chi connectivity index (χ0v) is 48.4. The molecule has 0 spiro atoms. The van der Waals surface area contributed by atoms with Gasteiger partial charge in [0.15, 0.2) is 0 Å². The molecule has 0 aromatic rings. The van der Waals surface area contributed by atoms with E-state index < -0.39 is 12.1 Å². The quantitative estimate of drug-likeness (QED) is 0.0420. The van der Waals surface area contributed by atoms with Crippen LogP contribution < -0.4 is 5.32 Å². The number of carbonyl (C=O) groups excluding carboxylic acids is 1. The Morgan fingerprint density at radius 3 is 0.959 bits per heavy atom. The van der Waals surface area contributed by atoms with Crippen LogP contribution in [-0.2, 0) is 4.79 Å². The van der Waals surface area contributed by atoms with E-state index in [9.17, 15) is 15.0 Å². The van der Waals surface area contributed by atoms with Crippen LogP contribution in [0.25, 0.3) is 0 Å². The third kappa shape index (κ3) is 59.8. The van der Waals surface area contributed by atoms with Crippen molar-refractivity contribution in [1.82, 2.24) is 5.32 Å². The molecule has 0 saturated heterocycles. The Morgan fingerprint density at radius 1 is 0.342 bits per heavy atom. The smallest absolute Gasteiger partial charge is 0.220 e. The van der Waals surface area contributed by atoms with Crippen molar-refractivity contribution in [2.45, 2.75) is 315 Å². The average molecular weight is 1010 g/mol. The molecule has 0 saturated carbocycles. The molecule has 420 valence electrons. The van der Waals surface area contributed by atoms with Crippen molar-refractivity contribution >= 4 is 5.91 Å². The van der Waals surface area contributed by atoms with Crippen LogP contribution in [0.2, 0.25) is 0 Å². The molecule has 73 heavy (non-hydrogen) atoms. The van der Waals surface area contributed by atoms with E-state index in [-0.39, 0.29) is 12.5 Å². The number of carbonyl (C=O) groups is 1. The van der Waals surface area contributed by atoms with Gasteiger partial charge in [0.25, 0.3) is 0 Å². The van der Waals surface area contributed by atoms with Crippen LogP contribution in [-0.4, -0.2) is 34.9 Å². The van der Waals surface area contributed by atoms with Crippen molar-refractivity contribution in [3.63, 3.8) is 0 Å². The van der Waals surface area contributed by atoms with Gasteiger partial charge < -0.3 is 15.5 Å². The maximum Gasteiger partial charge on any atom is 0.220 e. The molecule has 0 aliphatic heterocycles. The lowest BCUT2D eigenvalue weighted by Crippen LogP contribution is -2.45. The summed E-state index contributed by atoms with van der Waals surface area (Å²) in [6, 6.07) is -0.649. The van der Waals surface area contributed by atoms with Gasteiger partial charge in [0.1, 0.15) is 0 Å². The number of aliphatic hydroxyl groups is 2. The van der Waals surface area contributed by atoms with Crippen molar-refractivity contribution in [3.05, 3.63) is 109 Å². The number of hydrogen-bond acceptors (Lipinski definition) is 3. The van der Waals surface area contributed by atoms with Crippen LogP contribution in [0, 0.1) is 0 Å². The number of rotatable bonds is 57. The van der Waals surface area contributed by atoms with E-state index in [1.165, 1.54) is 205 Å². The molecule has 3 N–H and O–H groups in total. The zero-order chi connectivity index (χ0) is 52.7. The summed E-state index contributed by atoms with van der Waals surface area (Å²) in [6.45, 7) is 4.20. The molecule has 0 aliphatic carbocycles. The molecule has 0 heterocycles. The van der Waals surface area contributed by atoms with Gasteiger partial charge in [-0.25, -0.2) is 0 Å². The average Bonchev–Trinajstić information content (AvgIpc) is 3.40. The Morgan fingerprint density at radius 2 is 0.616 bits per heavy atom.